The highest BCUT2D eigenvalue weighted by Crippen LogP contribution is 2.40. The maximum Gasteiger partial charge on any atom is 0.0486 e. The number of rotatable bonds is 2. The number of halogens is 1. The molecule has 2 atom stereocenters. The van der Waals surface area contributed by atoms with E-state index < -0.39 is 0 Å². The summed E-state index contributed by atoms with van der Waals surface area (Å²) in [5.74, 6) is 0.815. The van der Waals surface area contributed by atoms with Gasteiger partial charge in [0.25, 0.3) is 0 Å². The van der Waals surface area contributed by atoms with Gasteiger partial charge in [0.05, 0.1) is 0 Å². The number of aryl methyl sites for hydroxylation is 1. The fourth-order valence-electron chi connectivity index (χ4n) is 3.41. The Bertz CT molecular complexity index is 425. The van der Waals surface area contributed by atoms with Gasteiger partial charge in [-0.05, 0) is 71.1 Å². The number of nitrogens with one attached hydrogen (secondary N) is 1. The number of benzene rings is 1. The zero-order chi connectivity index (χ0) is 13.3. The van der Waals surface area contributed by atoms with Crippen LogP contribution >= 0.6 is 15.9 Å². The van der Waals surface area contributed by atoms with Gasteiger partial charge in [-0.15, -0.1) is 0 Å². The van der Waals surface area contributed by atoms with Gasteiger partial charge >= 0.3 is 0 Å². The zero-order valence-corrected chi connectivity index (χ0v) is 13.5. The van der Waals surface area contributed by atoms with E-state index >= 15 is 0 Å². The Balaban J connectivity index is 2.09. The summed E-state index contributed by atoms with van der Waals surface area (Å²) < 4.78 is 1.18. The summed E-state index contributed by atoms with van der Waals surface area (Å²) in [6.45, 7) is 9.28. The van der Waals surface area contributed by atoms with Crippen molar-refractivity contribution in [3.05, 3.63) is 28.2 Å². The lowest BCUT2D eigenvalue weighted by atomic mass is 9.70. The van der Waals surface area contributed by atoms with Crippen molar-refractivity contribution in [2.75, 3.05) is 5.32 Å². The molecule has 2 rings (SSSR count). The summed E-state index contributed by atoms with van der Waals surface area (Å²) in [5.41, 5.74) is 2.99. The smallest absolute Gasteiger partial charge is 0.0486 e. The first kappa shape index (κ1) is 13.9. The Morgan fingerprint density at radius 1 is 1.28 bits per heavy atom. The van der Waals surface area contributed by atoms with Crippen molar-refractivity contribution < 1.29 is 0 Å². The first-order chi connectivity index (χ1) is 8.35. The lowest BCUT2D eigenvalue weighted by Crippen LogP contribution is -2.35. The molecule has 0 aromatic heterocycles. The molecule has 1 saturated carbocycles. The molecule has 18 heavy (non-hydrogen) atoms. The molecule has 0 radical (unpaired) electrons. The van der Waals surface area contributed by atoms with E-state index in [9.17, 15) is 0 Å². The van der Waals surface area contributed by atoms with Crippen LogP contribution in [-0.2, 0) is 0 Å². The van der Waals surface area contributed by atoms with E-state index in [1.165, 1.54) is 35.0 Å². The van der Waals surface area contributed by atoms with E-state index in [0.29, 0.717) is 11.5 Å². The third-order valence-corrected chi connectivity index (χ3v) is 4.53. The molecule has 0 saturated heterocycles. The fourth-order valence-corrected chi connectivity index (χ4v) is 4.02. The largest absolute Gasteiger partial charge is 0.381 e. The first-order valence-electron chi connectivity index (χ1n) is 6.88. The van der Waals surface area contributed by atoms with Crippen molar-refractivity contribution in [1.82, 2.24) is 0 Å². The van der Waals surface area contributed by atoms with Crippen LogP contribution in [0.15, 0.2) is 22.7 Å². The molecule has 0 aliphatic heterocycles. The molecule has 1 aromatic rings. The van der Waals surface area contributed by atoms with Gasteiger partial charge in [0, 0.05) is 16.2 Å². The standard InChI is InChI=1S/C16H24BrN/c1-11-5-6-15(14(17)8-11)18-13-7-12(2)9-16(3,4)10-13/h5-6,8,12-13,18H,7,9-10H2,1-4H3. The molecule has 0 spiro atoms. The molecule has 1 aliphatic carbocycles. The average Bonchev–Trinajstić information content (AvgIpc) is 2.19. The average molecular weight is 310 g/mol. The molecule has 0 amide bonds. The van der Waals surface area contributed by atoms with Crippen LogP contribution in [0.5, 0.6) is 0 Å². The van der Waals surface area contributed by atoms with Crippen LogP contribution < -0.4 is 5.32 Å². The second-order valence-corrected chi connectivity index (χ2v) is 7.59. The minimum Gasteiger partial charge on any atom is -0.381 e. The second-order valence-electron chi connectivity index (χ2n) is 6.74. The highest BCUT2D eigenvalue weighted by molar-refractivity contribution is 9.10. The van der Waals surface area contributed by atoms with E-state index in [0.717, 1.165) is 5.92 Å². The maximum absolute atomic E-state index is 3.72. The topological polar surface area (TPSA) is 12.0 Å². The molecule has 0 heterocycles. The second kappa shape index (κ2) is 5.24. The number of anilines is 1. The Morgan fingerprint density at radius 2 is 2.00 bits per heavy atom. The van der Waals surface area contributed by atoms with Gasteiger partial charge < -0.3 is 5.32 Å². The molecule has 1 aromatic carbocycles. The van der Waals surface area contributed by atoms with Crippen molar-refractivity contribution >= 4 is 21.6 Å². The van der Waals surface area contributed by atoms with Crippen LogP contribution in [0.4, 0.5) is 5.69 Å². The SMILES string of the molecule is Cc1ccc(NC2CC(C)CC(C)(C)C2)c(Br)c1. The van der Waals surface area contributed by atoms with E-state index in [4.69, 9.17) is 0 Å². The van der Waals surface area contributed by atoms with Crippen molar-refractivity contribution in [2.24, 2.45) is 11.3 Å². The van der Waals surface area contributed by atoms with Crippen LogP contribution in [0.1, 0.15) is 45.6 Å². The van der Waals surface area contributed by atoms with Gasteiger partial charge in [-0.3, -0.25) is 0 Å². The molecule has 1 N–H and O–H groups in total. The molecule has 0 bridgehead atoms. The molecule has 2 unspecified atom stereocenters. The van der Waals surface area contributed by atoms with E-state index in [1.54, 1.807) is 0 Å². The molecular formula is C16H24BrN. The van der Waals surface area contributed by atoms with Gasteiger partial charge in [-0.1, -0.05) is 26.8 Å². The lowest BCUT2D eigenvalue weighted by molar-refractivity contribution is 0.178. The van der Waals surface area contributed by atoms with Gasteiger partial charge in [-0.25, -0.2) is 0 Å². The fraction of sp³-hybridized carbons (Fsp3) is 0.625. The molecular weight excluding hydrogens is 286 g/mol. The Hall–Kier alpha value is -0.500. The van der Waals surface area contributed by atoms with Crippen LogP contribution in [0.3, 0.4) is 0 Å². The summed E-state index contributed by atoms with van der Waals surface area (Å²) in [7, 11) is 0. The highest BCUT2D eigenvalue weighted by atomic mass is 79.9. The molecule has 1 nitrogen and oxygen atoms in total. The van der Waals surface area contributed by atoms with E-state index in [2.05, 4.69) is 67.1 Å². The molecule has 2 heteroatoms. The Morgan fingerprint density at radius 3 is 2.61 bits per heavy atom. The van der Waals surface area contributed by atoms with Crippen LogP contribution in [-0.4, -0.2) is 6.04 Å². The minimum atomic E-state index is 0.465. The quantitative estimate of drug-likeness (QED) is 0.773. The van der Waals surface area contributed by atoms with Crippen LogP contribution in [0, 0.1) is 18.3 Å². The summed E-state index contributed by atoms with van der Waals surface area (Å²) in [5, 5.41) is 3.72. The van der Waals surface area contributed by atoms with Gasteiger partial charge in [0.15, 0.2) is 0 Å². The van der Waals surface area contributed by atoms with Crippen molar-refractivity contribution in [3.63, 3.8) is 0 Å². The summed E-state index contributed by atoms with van der Waals surface area (Å²) in [6.07, 6.45) is 3.89. The van der Waals surface area contributed by atoms with Crippen molar-refractivity contribution in [1.29, 1.82) is 0 Å². The molecule has 100 valence electrons. The molecule has 1 fully saturated rings. The minimum absolute atomic E-state index is 0.465. The third kappa shape index (κ3) is 3.50. The zero-order valence-electron chi connectivity index (χ0n) is 11.9. The van der Waals surface area contributed by atoms with Gasteiger partial charge in [0.2, 0.25) is 0 Å². The maximum atomic E-state index is 3.72. The van der Waals surface area contributed by atoms with Crippen molar-refractivity contribution in [3.8, 4) is 0 Å². The first-order valence-corrected chi connectivity index (χ1v) is 7.68. The van der Waals surface area contributed by atoms with Gasteiger partial charge in [-0.2, -0.15) is 0 Å². The monoisotopic (exact) mass is 309 g/mol. The van der Waals surface area contributed by atoms with Crippen LogP contribution in [0.25, 0.3) is 0 Å². The number of hydrogen-bond donors (Lipinski definition) is 1. The van der Waals surface area contributed by atoms with E-state index in [1.807, 2.05) is 0 Å². The van der Waals surface area contributed by atoms with Gasteiger partial charge in [0.1, 0.15) is 0 Å². The van der Waals surface area contributed by atoms with Crippen molar-refractivity contribution in [2.45, 2.75) is 53.0 Å². The van der Waals surface area contributed by atoms with Crippen LogP contribution in [0.2, 0.25) is 0 Å². The predicted molar refractivity (Wildman–Crippen MR) is 83.1 cm³/mol. The van der Waals surface area contributed by atoms with E-state index in [-0.39, 0.29) is 0 Å². The summed E-state index contributed by atoms with van der Waals surface area (Å²) in [4.78, 5) is 0. The third-order valence-electron chi connectivity index (χ3n) is 3.87. The molecule has 1 aliphatic rings. The highest BCUT2D eigenvalue weighted by Gasteiger charge is 2.32. The Kier molecular flexibility index (Phi) is 4.05. The summed E-state index contributed by atoms with van der Waals surface area (Å²) >= 11 is 3.66. The summed E-state index contributed by atoms with van der Waals surface area (Å²) in [6, 6.07) is 7.14. The lowest BCUT2D eigenvalue weighted by Gasteiger charge is -2.39. The number of hydrogen-bond acceptors (Lipinski definition) is 1. The Labute approximate surface area is 119 Å². The normalized spacial score (nSPS) is 26.9. The predicted octanol–water partition coefficient (Wildman–Crippen LogP) is 5.38.